The average molecular weight is 373 g/mol. The van der Waals surface area contributed by atoms with Gasteiger partial charge in [0.15, 0.2) is 5.96 Å². The van der Waals surface area contributed by atoms with E-state index in [1.807, 2.05) is 7.05 Å². The molecule has 5 heteroatoms. The molecule has 0 amide bonds. The van der Waals surface area contributed by atoms with E-state index in [2.05, 4.69) is 44.8 Å². The van der Waals surface area contributed by atoms with Crippen LogP contribution in [0.3, 0.4) is 0 Å². The number of nitrogens with one attached hydrogen (secondary N) is 2. The van der Waals surface area contributed by atoms with Crippen LogP contribution >= 0.6 is 0 Å². The molecule has 0 atom stereocenters. The zero-order valence-electron chi connectivity index (χ0n) is 17.0. The number of ether oxygens (including phenoxy) is 1. The zero-order chi connectivity index (χ0) is 18.9. The van der Waals surface area contributed by atoms with Crippen LogP contribution in [0.15, 0.2) is 29.3 Å². The summed E-state index contributed by atoms with van der Waals surface area (Å²) in [6.45, 7) is 4.41. The molecule has 1 aromatic rings. The minimum absolute atomic E-state index is 0.608. The number of aliphatic imine (C=N–C) groups is 1. The molecule has 0 unspecified atom stereocenters. The molecule has 150 valence electrons. The second-order valence-corrected chi connectivity index (χ2v) is 8.00. The van der Waals surface area contributed by atoms with Gasteiger partial charge in [-0.2, -0.15) is 0 Å². The summed E-state index contributed by atoms with van der Waals surface area (Å²) in [4.78, 5) is 6.99. The fraction of sp³-hybridized carbons (Fsp3) is 0.682. The molecule has 5 nitrogen and oxygen atoms in total. The highest BCUT2D eigenvalue weighted by atomic mass is 16.5. The second kappa shape index (κ2) is 10.5. The molecular formula is C22H36N4O. The molecule has 1 aliphatic carbocycles. The van der Waals surface area contributed by atoms with Crippen molar-refractivity contribution >= 4 is 5.96 Å². The number of methoxy groups -OCH3 is 1. The van der Waals surface area contributed by atoms with Gasteiger partial charge in [0.25, 0.3) is 0 Å². The van der Waals surface area contributed by atoms with Crippen molar-refractivity contribution in [2.24, 2.45) is 10.9 Å². The van der Waals surface area contributed by atoms with Crippen molar-refractivity contribution in [3.63, 3.8) is 0 Å². The van der Waals surface area contributed by atoms with Gasteiger partial charge in [-0.15, -0.1) is 0 Å². The Hall–Kier alpha value is -1.75. The average Bonchev–Trinajstić information content (AvgIpc) is 2.73. The largest absolute Gasteiger partial charge is 0.497 e. The molecule has 2 N–H and O–H groups in total. The van der Waals surface area contributed by atoms with Gasteiger partial charge in [0, 0.05) is 26.2 Å². The second-order valence-electron chi connectivity index (χ2n) is 8.00. The molecule has 1 saturated heterocycles. The van der Waals surface area contributed by atoms with Crippen molar-refractivity contribution < 1.29 is 4.74 Å². The molecule has 3 rings (SSSR count). The fourth-order valence-electron chi connectivity index (χ4n) is 4.21. The molecule has 0 bridgehead atoms. The van der Waals surface area contributed by atoms with Crippen molar-refractivity contribution in [3.05, 3.63) is 29.8 Å². The number of likely N-dealkylation sites (tertiary alicyclic amines) is 1. The van der Waals surface area contributed by atoms with Gasteiger partial charge in [0.2, 0.25) is 0 Å². The maximum Gasteiger partial charge on any atom is 0.191 e. The molecule has 1 saturated carbocycles. The van der Waals surface area contributed by atoms with Gasteiger partial charge in [0.1, 0.15) is 5.75 Å². The standard InChI is InChI=1S/C22H36N4O/c1-23-22(25-20-6-4-3-5-7-20)24-16-18-12-14-26(15-13-18)17-19-8-10-21(27-2)11-9-19/h8-11,18,20H,3-7,12-17H2,1-2H3,(H2,23,24,25). The first-order valence-corrected chi connectivity index (χ1v) is 10.6. The van der Waals surface area contributed by atoms with E-state index in [0.29, 0.717) is 6.04 Å². The predicted octanol–water partition coefficient (Wildman–Crippen LogP) is 3.40. The van der Waals surface area contributed by atoms with E-state index >= 15 is 0 Å². The molecule has 1 aromatic carbocycles. The summed E-state index contributed by atoms with van der Waals surface area (Å²) >= 11 is 0. The van der Waals surface area contributed by atoms with E-state index in [9.17, 15) is 0 Å². The summed E-state index contributed by atoms with van der Waals surface area (Å²) in [6.07, 6.45) is 9.16. The molecule has 0 spiro atoms. The topological polar surface area (TPSA) is 48.9 Å². The summed E-state index contributed by atoms with van der Waals surface area (Å²) < 4.78 is 5.24. The van der Waals surface area contributed by atoms with Gasteiger partial charge < -0.3 is 15.4 Å². The maximum atomic E-state index is 5.24. The third-order valence-electron chi connectivity index (χ3n) is 6.00. The van der Waals surface area contributed by atoms with Crippen LogP contribution in [0, 0.1) is 5.92 Å². The highest BCUT2D eigenvalue weighted by Crippen LogP contribution is 2.20. The summed E-state index contributed by atoms with van der Waals surface area (Å²) in [6, 6.07) is 9.06. The Balaban J connectivity index is 1.35. The van der Waals surface area contributed by atoms with Crippen LogP contribution in [0.5, 0.6) is 5.75 Å². The summed E-state index contributed by atoms with van der Waals surface area (Å²) in [5, 5.41) is 7.18. The van der Waals surface area contributed by atoms with Gasteiger partial charge in [-0.1, -0.05) is 31.4 Å². The lowest BCUT2D eigenvalue weighted by molar-refractivity contribution is 0.178. The van der Waals surface area contributed by atoms with E-state index in [-0.39, 0.29) is 0 Å². The number of guanidine groups is 1. The Labute approximate surface area is 164 Å². The molecule has 2 fully saturated rings. The fourth-order valence-corrected chi connectivity index (χ4v) is 4.21. The van der Waals surface area contributed by atoms with E-state index in [4.69, 9.17) is 4.74 Å². The Morgan fingerprint density at radius 3 is 2.41 bits per heavy atom. The van der Waals surface area contributed by atoms with Crippen molar-refractivity contribution in [1.82, 2.24) is 15.5 Å². The molecule has 27 heavy (non-hydrogen) atoms. The number of nitrogens with zero attached hydrogens (tertiary/aromatic N) is 2. The normalized spacial score (nSPS) is 20.4. The summed E-state index contributed by atoms with van der Waals surface area (Å²) in [7, 11) is 3.60. The predicted molar refractivity (Wildman–Crippen MR) is 112 cm³/mol. The molecular weight excluding hydrogens is 336 g/mol. The molecule has 0 aromatic heterocycles. The van der Waals surface area contributed by atoms with Crippen molar-refractivity contribution in [2.45, 2.75) is 57.5 Å². The van der Waals surface area contributed by atoms with Crippen molar-refractivity contribution in [2.75, 3.05) is 33.8 Å². The Morgan fingerprint density at radius 1 is 1.07 bits per heavy atom. The Kier molecular flexibility index (Phi) is 7.81. The van der Waals surface area contributed by atoms with Crippen LogP contribution in [0.4, 0.5) is 0 Å². The van der Waals surface area contributed by atoms with Crippen LogP contribution in [0.1, 0.15) is 50.5 Å². The van der Waals surface area contributed by atoms with Gasteiger partial charge >= 0.3 is 0 Å². The molecule has 1 aliphatic heterocycles. The molecule has 1 heterocycles. The van der Waals surface area contributed by atoms with E-state index in [0.717, 1.165) is 30.7 Å². The first kappa shape index (κ1) is 20.0. The molecule has 2 aliphatic rings. The first-order chi connectivity index (χ1) is 13.3. The number of benzene rings is 1. The van der Waals surface area contributed by atoms with Crippen LogP contribution in [0.25, 0.3) is 0 Å². The molecule has 0 radical (unpaired) electrons. The van der Waals surface area contributed by atoms with E-state index in [1.165, 1.54) is 63.6 Å². The van der Waals surface area contributed by atoms with Crippen LogP contribution in [-0.4, -0.2) is 50.7 Å². The lowest BCUT2D eigenvalue weighted by Crippen LogP contribution is -2.46. The summed E-state index contributed by atoms with van der Waals surface area (Å²) in [5.74, 6) is 2.66. The van der Waals surface area contributed by atoms with Gasteiger partial charge in [0.05, 0.1) is 7.11 Å². The minimum Gasteiger partial charge on any atom is -0.497 e. The quantitative estimate of drug-likeness (QED) is 0.593. The minimum atomic E-state index is 0.608. The van der Waals surface area contributed by atoms with Crippen molar-refractivity contribution in [1.29, 1.82) is 0 Å². The third kappa shape index (κ3) is 6.42. The monoisotopic (exact) mass is 372 g/mol. The third-order valence-corrected chi connectivity index (χ3v) is 6.00. The number of hydrogen-bond donors (Lipinski definition) is 2. The lowest BCUT2D eigenvalue weighted by Gasteiger charge is -2.32. The zero-order valence-corrected chi connectivity index (χ0v) is 17.0. The smallest absolute Gasteiger partial charge is 0.191 e. The maximum absolute atomic E-state index is 5.24. The van der Waals surface area contributed by atoms with Crippen molar-refractivity contribution in [3.8, 4) is 5.75 Å². The Morgan fingerprint density at radius 2 is 1.78 bits per heavy atom. The highest BCUT2D eigenvalue weighted by molar-refractivity contribution is 5.79. The van der Waals surface area contributed by atoms with E-state index < -0.39 is 0 Å². The Bertz CT molecular complexity index is 572. The van der Waals surface area contributed by atoms with Crippen LogP contribution in [-0.2, 0) is 6.54 Å². The van der Waals surface area contributed by atoms with Crippen LogP contribution in [0.2, 0.25) is 0 Å². The first-order valence-electron chi connectivity index (χ1n) is 10.6. The number of piperidine rings is 1. The van der Waals surface area contributed by atoms with Gasteiger partial charge in [-0.25, -0.2) is 0 Å². The number of rotatable bonds is 6. The highest BCUT2D eigenvalue weighted by Gasteiger charge is 2.20. The lowest BCUT2D eigenvalue weighted by atomic mass is 9.95. The van der Waals surface area contributed by atoms with Crippen LogP contribution < -0.4 is 15.4 Å². The van der Waals surface area contributed by atoms with E-state index in [1.54, 1.807) is 7.11 Å². The van der Waals surface area contributed by atoms with Gasteiger partial charge in [-0.05, 0) is 62.4 Å². The summed E-state index contributed by atoms with van der Waals surface area (Å²) in [5.41, 5.74) is 1.37. The van der Waals surface area contributed by atoms with Gasteiger partial charge in [-0.3, -0.25) is 9.89 Å². The SMILES string of the molecule is CN=C(NCC1CCN(Cc2ccc(OC)cc2)CC1)NC1CCCCC1. The number of hydrogen-bond acceptors (Lipinski definition) is 3.